The van der Waals surface area contributed by atoms with Crippen molar-refractivity contribution in [2.24, 2.45) is 5.92 Å². The van der Waals surface area contributed by atoms with Crippen LogP contribution in [0.1, 0.15) is 57.1 Å². The number of carbonyl (C=O) groups is 3. The van der Waals surface area contributed by atoms with Gasteiger partial charge in [-0.2, -0.15) is 0 Å². The zero-order chi connectivity index (χ0) is 24.5. The van der Waals surface area contributed by atoms with Gasteiger partial charge in [0.1, 0.15) is 12.1 Å². The summed E-state index contributed by atoms with van der Waals surface area (Å²) in [5, 5.41) is 12.5. The van der Waals surface area contributed by atoms with Crippen molar-refractivity contribution in [1.29, 1.82) is 0 Å². The fourth-order valence-corrected chi connectivity index (χ4v) is 5.13. The number of nitrogens with zero attached hydrogens (tertiary/aromatic N) is 1. The quantitative estimate of drug-likeness (QED) is 0.633. The molecule has 2 atom stereocenters. The van der Waals surface area contributed by atoms with Crippen molar-refractivity contribution in [1.82, 2.24) is 10.2 Å². The number of amides is 2. The maximum Gasteiger partial charge on any atom is 0.407 e. The first-order chi connectivity index (χ1) is 16.2. The Bertz CT molecular complexity index is 1050. The average molecular weight is 465 g/mol. The second-order valence-corrected chi connectivity index (χ2v) is 9.75. The van der Waals surface area contributed by atoms with Crippen LogP contribution in [0.3, 0.4) is 0 Å². The first-order valence-corrected chi connectivity index (χ1v) is 11.9. The Morgan fingerprint density at radius 2 is 1.68 bits per heavy atom. The van der Waals surface area contributed by atoms with Crippen molar-refractivity contribution in [2.75, 3.05) is 13.2 Å². The van der Waals surface area contributed by atoms with Crippen LogP contribution in [-0.2, 0) is 14.3 Å². The van der Waals surface area contributed by atoms with E-state index < -0.39 is 23.6 Å². The molecule has 2 aliphatic rings. The van der Waals surface area contributed by atoms with Crippen LogP contribution >= 0.6 is 0 Å². The summed E-state index contributed by atoms with van der Waals surface area (Å²) in [6.07, 6.45) is 0.543. The van der Waals surface area contributed by atoms with E-state index in [1.165, 1.54) is 4.90 Å². The van der Waals surface area contributed by atoms with Crippen molar-refractivity contribution < 1.29 is 24.2 Å². The number of hydrogen-bond donors (Lipinski definition) is 2. The molecule has 1 fully saturated rings. The molecule has 0 unspecified atom stereocenters. The molecule has 2 N–H and O–H groups in total. The van der Waals surface area contributed by atoms with Crippen LogP contribution in [0.4, 0.5) is 4.79 Å². The molecule has 1 saturated heterocycles. The van der Waals surface area contributed by atoms with E-state index in [4.69, 9.17) is 4.74 Å². The number of ether oxygens (including phenoxy) is 1. The molecular weight excluding hydrogens is 432 g/mol. The van der Waals surface area contributed by atoms with Crippen LogP contribution in [0.2, 0.25) is 0 Å². The Hall–Kier alpha value is -3.35. The predicted octanol–water partition coefficient (Wildman–Crippen LogP) is 4.41. The number of hydrogen-bond acceptors (Lipinski definition) is 4. The Labute approximate surface area is 200 Å². The van der Waals surface area contributed by atoms with E-state index in [2.05, 4.69) is 29.6 Å². The van der Waals surface area contributed by atoms with Gasteiger partial charge in [-0.1, -0.05) is 62.4 Å². The van der Waals surface area contributed by atoms with Crippen LogP contribution in [0.25, 0.3) is 11.1 Å². The molecule has 1 aliphatic heterocycles. The molecule has 2 aromatic rings. The second-order valence-electron chi connectivity index (χ2n) is 9.75. The Kier molecular flexibility index (Phi) is 6.64. The molecule has 180 valence electrons. The van der Waals surface area contributed by atoms with Gasteiger partial charge in [-0.3, -0.25) is 4.79 Å². The highest BCUT2D eigenvalue weighted by atomic mass is 16.5. The molecule has 4 rings (SSSR count). The molecule has 34 heavy (non-hydrogen) atoms. The van der Waals surface area contributed by atoms with Gasteiger partial charge < -0.3 is 20.1 Å². The van der Waals surface area contributed by atoms with E-state index >= 15 is 0 Å². The fraction of sp³-hybridized carbons (Fsp3) is 0.444. The lowest BCUT2D eigenvalue weighted by atomic mass is 9.96. The highest BCUT2D eigenvalue weighted by molar-refractivity contribution is 5.88. The number of benzene rings is 2. The smallest absolute Gasteiger partial charge is 0.407 e. The number of nitrogens with one attached hydrogen (secondary N) is 1. The molecule has 7 nitrogen and oxygen atoms in total. The van der Waals surface area contributed by atoms with Crippen molar-refractivity contribution in [2.45, 2.75) is 57.5 Å². The summed E-state index contributed by atoms with van der Waals surface area (Å²) in [7, 11) is 0. The lowest BCUT2D eigenvalue weighted by Gasteiger charge is -2.33. The number of aliphatic carboxylic acids is 1. The van der Waals surface area contributed by atoms with Crippen molar-refractivity contribution in [3.63, 3.8) is 0 Å². The third-order valence-electron chi connectivity index (χ3n) is 7.25. The van der Waals surface area contributed by atoms with E-state index in [1.807, 2.05) is 38.1 Å². The number of likely N-dealkylation sites (tertiary alicyclic amines) is 1. The average Bonchev–Trinajstić information content (AvgIpc) is 3.36. The molecule has 0 bridgehead atoms. The minimum Gasteiger partial charge on any atom is -0.480 e. The summed E-state index contributed by atoms with van der Waals surface area (Å²) in [5.41, 5.74) is 3.39. The number of carbonyl (C=O) groups excluding carboxylic acids is 2. The minimum absolute atomic E-state index is 0.0249. The maximum absolute atomic E-state index is 13.0. The Morgan fingerprint density at radius 3 is 2.24 bits per heavy atom. The fourth-order valence-electron chi connectivity index (χ4n) is 5.13. The molecule has 1 heterocycles. The number of fused-ring (bicyclic) bond motifs is 3. The summed E-state index contributed by atoms with van der Waals surface area (Å²) >= 11 is 0. The normalized spacial score (nSPS) is 20.1. The Morgan fingerprint density at radius 1 is 1.09 bits per heavy atom. The van der Waals surface area contributed by atoms with Gasteiger partial charge in [-0.25, -0.2) is 9.59 Å². The predicted molar refractivity (Wildman–Crippen MR) is 128 cm³/mol. The number of rotatable bonds is 7. The summed E-state index contributed by atoms with van der Waals surface area (Å²) in [4.78, 5) is 38.9. The van der Waals surface area contributed by atoms with Gasteiger partial charge in [0.15, 0.2) is 0 Å². The standard InChI is InChI=1S/C27H32N2O5/c1-17(2)23(15-24(30)29-14-8-13-27(29,3)25(31)32)28-26(33)34-16-22-20-11-6-4-9-18(20)19-10-5-7-12-21(19)22/h4-7,9-12,17,22-23H,8,13-16H2,1-3H3,(H,28,33)(H,31,32)/t23-,27+/m1/s1. The first kappa shape index (κ1) is 23.8. The third-order valence-corrected chi connectivity index (χ3v) is 7.25. The summed E-state index contributed by atoms with van der Waals surface area (Å²) < 4.78 is 5.64. The van der Waals surface area contributed by atoms with E-state index in [1.54, 1.807) is 6.92 Å². The van der Waals surface area contributed by atoms with Gasteiger partial charge in [0.05, 0.1) is 0 Å². The zero-order valence-electron chi connectivity index (χ0n) is 19.9. The molecule has 0 spiro atoms. The number of carboxylic acids is 1. The number of carboxylic acid groups (broad SMARTS) is 1. The second kappa shape index (κ2) is 9.49. The molecule has 7 heteroatoms. The summed E-state index contributed by atoms with van der Waals surface area (Å²) in [5.74, 6) is -1.33. The highest BCUT2D eigenvalue weighted by Crippen LogP contribution is 2.44. The topological polar surface area (TPSA) is 95.9 Å². The van der Waals surface area contributed by atoms with Crippen molar-refractivity contribution in [3.05, 3.63) is 59.7 Å². The van der Waals surface area contributed by atoms with Crippen LogP contribution in [-0.4, -0.2) is 52.7 Å². The first-order valence-electron chi connectivity index (χ1n) is 11.9. The lowest BCUT2D eigenvalue weighted by molar-refractivity contribution is -0.155. The molecule has 1 aliphatic carbocycles. The van der Waals surface area contributed by atoms with Gasteiger partial charge in [0, 0.05) is 24.9 Å². The van der Waals surface area contributed by atoms with Crippen LogP contribution in [0.15, 0.2) is 48.5 Å². The van der Waals surface area contributed by atoms with E-state index in [0.717, 1.165) is 22.3 Å². The largest absolute Gasteiger partial charge is 0.480 e. The van der Waals surface area contributed by atoms with E-state index in [-0.39, 0.29) is 30.8 Å². The van der Waals surface area contributed by atoms with E-state index in [9.17, 15) is 19.5 Å². The lowest BCUT2D eigenvalue weighted by Crippen LogP contribution is -2.52. The number of alkyl carbamates (subject to hydrolysis) is 1. The Balaban J connectivity index is 1.40. The summed E-state index contributed by atoms with van der Waals surface area (Å²) in [6.45, 7) is 6.03. The zero-order valence-corrected chi connectivity index (χ0v) is 19.9. The van der Waals surface area contributed by atoms with Crippen LogP contribution in [0.5, 0.6) is 0 Å². The monoisotopic (exact) mass is 464 g/mol. The summed E-state index contributed by atoms with van der Waals surface area (Å²) in [6, 6.07) is 15.8. The molecule has 2 amide bonds. The molecule has 0 radical (unpaired) electrons. The molecular formula is C27H32N2O5. The van der Waals surface area contributed by atoms with Gasteiger partial charge in [-0.05, 0) is 47.9 Å². The molecule has 0 aromatic heterocycles. The van der Waals surface area contributed by atoms with Gasteiger partial charge in [0.25, 0.3) is 0 Å². The van der Waals surface area contributed by atoms with Gasteiger partial charge in [-0.15, -0.1) is 0 Å². The van der Waals surface area contributed by atoms with Gasteiger partial charge in [0.2, 0.25) is 5.91 Å². The highest BCUT2D eigenvalue weighted by Gasteiger charge is 2.46. The molecule has 2 aromatic carbocycles. The molecule has 0 saturated carbocycles. The van der Waals surface area contributed by atoms with Crippen LogP contribution in [0, 0.1) is 5.92 Å². The van der Waals surface area contributed by atoms with Crippen molar-refractivity contribution >= 4 is 18.0 Å². The maximum atomic E-state index is 13.0. The van der Waals surface area contributed by atoms with Crippen molar-refractivity contribution in [3.8, 4) is 11.1 Å². The minimum atomic E-state index is -1.19. The van der Waals surface area contributed by atoms with E-state index in [0.29, 0.717) is 19.4 Å². The van der Waals surface area contributed by atoms with Crippen LogP contribution < -0.4 is 5.32 Å². The van der Waals surface area contributed by atoms with Gasteiger partial charge >= 0.3 is 12.1 Å². The SMILES string of the molecule is CC(C)[C@@H](CC(=O)N1CCC[C@@]1(C)C(=O)O)NC(=O)OCC1c2ccccc2-c2ccccc21. The third kappa shape index (κ3) is 4.39.